The van der Waals surface area contributed by atoms with Crippen molar-refractivity contribution in [1.82, 2.24) is 5.32 Å². The summed E-state index contributed by atoms with van der Waals surface area (Å²) < 4.78 is 12.9. The molecule has 1 aromatic carbocycles. The molecule has 0 bridgehead atoms. The molecule has 1 saturated heterocycles. The number of hydrogen-bond donors (Lipinski definition) is 4. The van der Waals surface area contributed by atoms with Gasteiger partial charge in [-0.3, -0.25) is 9.59 Å². The van der Waals surface area contributed by atoms with Crippen molar-refractivity contribution >= 4 is 17.5 Å². The van der Waals surface area contributed by atoms with Gasteiger partial charge in [-0.05, 0) is 44.0 Å². The molecule has 1 aliphatic carbocycles. The van der Waals surface area contributed by atoms with Crippen LogP contribution < -0.4 is 20.4 Å². The van der Waals surface area contributed by atoms with Crippen molar-refractivity contribution < 1.29 is 23.8 Å². The Bertz CT molecular complexity index is 610. The number of nitrogens with one attached hydrogen (secondary N) is 4. The molecule has 2 fully saturated rings. The summed E-state index contributed by atoms with van der Waals surface area (Å²) >= 11 is 0. The SMILES string of the molecule is C[C@@H](C(=O)NC1CC1)[NH+]1CC[NH+](CC(=O)Nc2ccc(F)cc2)CC1. The second-order valence-corrected chi connectivity index (χ2v) is 7.14. The predicted octanol–water partition coefficient (Wildman–Crippen LogP) is -1.79. The third kappa shape index (κ3) is 5.24. The molecule has 0 radical (unpaired) electrons. The summed E-state index contributed by atoms with van der Waals surface area (Å²) in [5, 5.41) is 5.87. The zero-order valence-electron chi connectivity index (χ0n) is 14.6. The van der Waals surface area contributed by atoms with Crippen LogP contribution in [0.15, 0.2) is 24.3 Å². The lowest BCUT2D eigenvalue weighted by Crippen LogP contribution is -3.30. The van der Waals surface area contributed by atoms with Gasteiger partial charge in [-0.25, -0.2) is 4.39 Å². The van der Waals surface area contributed by atoms with Crippen molar-refractivity contribution in [3.8, 4) is 0 Å². The maximum atomic E-state index is 12.9. The second-order valence-electron chi connectivity index (χ2n) is 7.14. The van der Waals surface area contributed by atoms with Crippen LogP contribution in [0.5, 0.6) is 0 Å². The maximum absolute atomic E-state index is 12.9. The number of amides is 2. The third-order valence-corrected chi connectivity index (χ3v) is 5.07. The van der Waals surface area contributed by atoms with Crippen LogP contribution in [0.2, 0.25) is 0 Å². The summed E-state index contributed by atoms with van der Waals surface area (Å²) in [5.74, 6) is -0.234. The Balaban J connectivity index is 1.40. The van der Waals surface area contributed by atoms with Crippen molar-refractivity contribution in [3.63, 3.8) is 0 Å². The fraction of sp³-hybridized carbons (Fsp3) is 0.556. The Morgan fingerprint density at radius 1 is 1.16 bits per heavy atom. The van der Waals surface area contributed by atoms with Crippen LogP contribution in [0.3, 0.4) is 0 Å². The lowest BCUT2D eigenvalue weighted by Gasteiger charge is -2.32. The van der Waals surface area contributed by atoms with Gasteiger partial charge in [0.15, 0.2) is 12.6 Å². The average Bonchev–Trinajstić information content (AvgIpc) is 3.41. The summed E-state index contributed by atoms with van der Waals surface area (Å²) in [6.07, 6.45) is 2.21. The number of rotatable bonds is 6. The standard InChI is InChI=1S/C18H25FN4O2/c1-13(18(25)21-16-6-7-16)23-10-8-22(9-11-23)12-17(24)20-15-4-2-14(19)3-5-15/h2-5,13,16H,6-12H2,1H3,(H,20,24)(H,21,25)/p+2/t13-/m0/s1. The van der Waals surface area contributed by atoms with Gasteiger partial charge in [0.25, 0.3) is 11.8 Å². The van der Waals surface area contributed by atoms with Crippen LogP contribution in [0.25, 0.3) is 0 Å². The summed E-state index contributed by atoms with van der Waals surface area (Å²) in [4.78, 5) is 26.8. The minimum absolute atomic E-state index is 0.0322. The van der Waals surface area contributed by atoms with Gasteiger partial charge in [0, 0.05) is 11.7 Å². The van der Waals surface area contributed by atoms with Crippen molar-refractivity contribution in [2.24, 2.45) is 0 Å². The highest BCUT2D eigenvalue weighted by Crippen LogP contribution is 2.18. The first-order valence-corrected chi connectivity index (χ1v) is 9.05. The van der Waals surface area contributed by atoms with Crippen molar-refractivity contribution in [3.05, 3.63) is 30.1 Å². The molecule has 0 aromatic heterocycles. The molecule has 136 valence electrons. The van der Waals surface area contributed by atoms with E-state index in [1.54, 1.807) is 12.1 Å². The lowest BCUT2D eigenvalue weighted by atomic mass is 10.2. The van der Waals surface area contributed by atoms with E-state index in [1.807, 2.05) is 6.92 Å². The van der Waals surface area contributed by atoms with Gasteiger partial charge < -0.3 is 20.4 Å². The molecular weight excluding hydrogens is 323 g/mol. The molecule has 1 saturated carbocycles. The Kier molecular flexibility index (Phi) is 5.65. The van der Waals surface area contributed by atoms with Crippen molar-refractivity contribution in [1.29, 1.82) is 0 Å². The smallest absolute Gasteiger partial charge is 0.279 e. The molecule has 2 amide bonds. The second kappa shape index (κ2) is 7.93. The lowest BCUT2D eigenvalue weighted by molar-refractivity contribution is -1.01. The first kappa shape index (κ1) is 17.8. The van der Waals surface area contributed by atoms with Gasteiger partial charge in [-0.2, -0.15) is 0 Å². The van der Waals surface area contributed by atoms with Gasteiger partial charge in [0.2, 0.25) is 0 Å². The maximum Gasteiger partial charge on any atom is 0.279 e. The van der Waals surface area contributed by atoms with E-state index in [4.69, 9.17) is 0 Å². The molecule has 7 heteroatoms. The Hall–Kier alpha value is -1.99. The molecule has 3 rings (SSSR count). The van der Waals surface area contributed by atoms with Crippen LogP contribution >= 0.6 is 0 Å². The minimum Gasteiger partial charge on any atom is -0.348 e. The van der Waals surface area contributed by atoms with E-state index in [1.165, 1.54) is 21.9 Å². The van der Waals surface area contributed by atoms with Crippen LogP contribution in [-0.4, -0.2) is 56.6 Å². The Morgan fingerprint density at radius 3 is 2.40 bits per heavy atom. The molecule has 1 aliphatic heterocycles. The topological polar surface area (TPSA) is 67.1 Å². The van der Waals surface area contributed by atoms with Crippen LogP contribution in [-0.2, 0) is 9.59 Å². The molecule has 2 aliphatic rings. The number of hydrogen-bond acceptors (Lipinski definition) is 2. The Labute approximate surface area is 147 Å². The highest BCUT2D eigenvalue weighted by Gasteiger charge is 2.34. The van der Waals surface area contributed by atoms with E-state index >= 15 is 0 Å². The number of carbonyl (C=O) groups is 2. The van der Waals surface area contributed by atoms with Gasteiger partial charge in [0.1, 0.15) is 32.0 Å². The number of carbonyl (C=O) groups excluding carboxylic acids is 2. The van der Waals surface area contributed by atoms with Crippen LogP contribution in [0, 0.1) is 5.82 Å². The molecule has 0 unspecified atom stereocenters. The first-order valence-electron chi connectivity index (χ1n) is 9.05. The van der Waals surface area contributed by atoms with Gasteiger partial charge in [0.05, 0.1) is 0 Å². The monoisotopic (exact) mass is 350 g/mol. The van der Waals surface area contributed by atoms with Crippen LogP contribution in [0.4, 0.5) is 10.1 Å². The average molecular weight is 350 g/mol. The van der Waals surface area contributed by atoms with Crippen molar-refractivity contribution in [2.45, 2.75) is 31.8 Å². The van der Waals surface area contributed by atoms with Gasteiger partial charge >= 0.3 is 0 Å². The highest BCUT2D eigenvalue weighted by molar-refractivity contribution is 5.91. The fourth-order valence-electron chi connectivity index (χ4n) is 3.24. The van der Waals surface area contributed by atoms with E-state index in [-0.39, 0.29) is 23.7 Å². The van der Waals surface area contributed by atoms with E-state index < -0.39 is 0 Å². The third-order valence-electron chi connectivity index (χ3n) is 5.07. The number of benzene rings is 1. The van der Waals surface area contributed by atoms with Gasteiger partial charge in [-0.1, -0.05) is 0 Å². The number of halogens is 1. The zero-order chi connectivity index (χ0) is 17.8. The summed E-state index contributed by atoms with van der Waals surface area (Å²) in [7, 11) is 0. The largest absolute Gasteiger partial charge is 0.348 e. The molecule has 0 spiro atoms. The summed E-state index contributed by atoms with van der Waals surface area (Å²) in [6, 6.07) is 6.15. The zero-order valence-corrected chi connectivity index (χ0v) is 14.6. The molecule has 1 atom stereocenters. The number of anilines is 1. The minimum atomic E-state index is -0.317. The van der Waals surface area contributed by atoms with Crippen LogP contribution in [0.1, 0.15) is 19.8 Å². The molecule has 6 nitrogen and oxygen atoms in total. The summed E-state index contributed by atoms with van der Waals surface area (Å²) in [6.45, 7) is 5.89. The number of piperazine rings is 1. The van der Waals surface area contributed by atoms with E-state index in [0.29, 0.717) is 18.3 Å². The quantitative estimate of drug-likeness (QED) is 0.490. The molecule has 25 heavy (non-hydrogen) atoms. The molecule has 1 heterocycles. The fourth-order valence-corrected chi connectivity index (χ4v) is 3.24. The molecular formula is C18H27FN4O2+2. The van der Waals surface area contributed by atoms with Crippen molar-refractivity contribution in [2.75, 3.05) is 38.0 Å². The molecule has 1 aromatic rings. The predicted molar refractivity (Wildman–Crippen MR) is 91.9 cm³/mol. The van der Waals surface area contributed by atoms with E-state index in [9.17, 15) is 14.0 Å². The first-order chi connectivity index (χ1) is 12.0. The van der Waals surface area contributed by atoms with E-state index in [2.05, 4.69) is 10.6 Å². The van der Waals surface area contributed by atoms with E-state index in [0.717, 1.165) is 39.0 Å². The summed E-state index contributed by atoms with van der Waals surface area (Å²) in [5.41, 5.74) is 0.612. The Morgan fingerprint density at radius 2 is 1.80 bits per heavy atom. The molecule has 4 N–H and O–H groups in total. The normalized spacial score (nSPS) is 24.4. The highest BCUT2D eigenvalue weighted by atomic mass is 19.1. The van der Waals surface area contributed by atoms with Gasteiger partial charge in [-0.15, -0.1) is 0 Å². The number of quaternary nitrogens is 2.